The van der Waals surface area contributed by atoms with E-state index in [2.05, 4.69) is 118 Å². The number of hydrogen-bond donors (Lipinski definition) is 0. The first-order valence-electron chi connectivity index (χ1n) is 16.9. The van der Waals surface area contributed by atoms with Crippen molar-refractivity contribution < 1.29 is 9.47 Å². The molecule has 4 unspecified atom stereocenters. The van der Waals surface area contributed by atoms with E-state index < -0.39 is 0 Å². The lowest BCUT2D eigenvalue weighted by Gasteiger charge is -2.57. The van der Waals surface area contributed by atoms with Gasteiger partial charge in [-0.25, -0.2) is 0 Å². The molecule has 4 aliphatic heterocycles. The third kappa shape index (κ3) is 6.61. The smallest absolute Gasteiger partial charge is 0.231 e. The van der Waals surface area contributed by atoms with E-state index in [0.29, 0.717) is 37.0 Å². The summed E-state index contributed by atoms with van der Waals surface area (Å²) in [5, 5.41) is 0.794. The lowest BCUT2D eigenvalue weighted by atomic mass is 9.90. The number of nitrogens with zero attached hydrogens (tertiary/aromatic N) is 6. The van der Waals surface area contributed by atoms with Crippen LogP contribution in [0.1, 0.15) is 24.1 Å². The van der Waals surface area contributed by atoms with Crippen LogP contribution in [0.2, 0.25) is 5.02 Å². The number of fused-ring (bicyclic) bond motifs is 1. The monoisotopic (exact) mass is 644 g/mol. The van der Waals surface area contributed by atoms with Crippen molar-refractivity contribution in [2.45, 2.75) is 43.7 Å². The van der Waals surface area contributed by atoms with Crippen molar-refractivity contribution in [3.05, 3.63) is 88.9 Å². The Morgan fingerprint density at radius 1 is 0.717 bits per heavy atom. The largest absolute Gasteiger partial charge is 0.454 e. The van der Waals surface area contributed by atoms with Gasteiger partial charge in [0.2, 0.25) is 6.79 Å². The van der Waals surface area contributed by atoms with Gasteiger partial charge in [0.05, 0.1) is 0 Å². The number of piperazine rings is 3. The topological polar surface area (TPSA) is 37.9 Å². The maximum Gasteiger partial charge on any atom is 0.231 e. The molecule has 0 aromatic heterocycles. The number of halogens is 1. The molecule has 9 heteroatoms. The minimum absolute atomic E-state index is 0.304. The van der Waals surface area contributed by atoms with Crippen LogP contribution < -0.4 is 14.4 Å². The van der Waals surface area contributed by atoms with Crippen molar-refractivity contribution in [1.29, 1.82) is 0 Å². The van der Waals surface area contributed by atoms with E-state index in [1.165, 1.54) is 16.8 Å². The van der Waals surface area contributed by atoms with Gasteiger partial charge >= 0.3 is 0 Å². The SMILES string of the molecule is C[C@@H](c1ccc(Cl)cc1)N1CCN(C)CC1C1CN(c2ccccc2)CC(C2CN(C)CCN2Cc2ccc3c(c2)OCO3)N1C. The molecule has 0 aliphatic carbocycles. The summed E-state index contributed by atoms with van der Waals surface area (Å²) in [5.41, 5.74) is 3.93. The summed E-state index contributed by atoms with van der Waals surface area (Å²) in [5.74, 6) is 1.71. The van der Waals surface area contributed by atoms with Crippen molar-refractivity contribution in [3.8, 4) is 11.5 Å². The van der Waals surface area contributed by atoms with E-state index in [9.17, 15) is 0 Å². The first-order valence-corrected chi connectivity index (χ1v) is 17.2. The van der Waals surface area contributed by atoms with Crippen LogP contribution in [0.25, 0.3) is 0 Å². The fourth-order valence-corrected chi connectivity index (χ4v) is 8.34. The summed E-state index contributed by atoms with van der Waals surface area (Å²) in [6, 6.07) is 27.8. The van der Waals surface area contributed by atoms with Gasteiger partial charge in [-0.2, -0.15) is 0 Å². The first-order chi connectivity index (χ1) is 22.3. The molecular weight excluding hydrogens is 596 g/mol. The standard InChI is InChI=1S/C37H49ClN6O2/c1-27(29-11-13-30(38)14-12-29)44-19-17-40(3)23-35(44)33-25-43(31-8-6-5-7-9-31)24-32(41(33)4)34-22-39(2)16-18-42(34)21-28-10-15-36-37(20-28)46-26-45-36/h5-15,20,27,32-35H,16-19,21-26H2,1-4H3/t27-,32?,33?,34?,35?/m0/s1. The van der Waals surface area contributed by atoms with Crippen molar-refractivity contribution in [1.82, 2.24) is 24.5 Å². The molecule has 46 heavy (non-hydrogen) atoms. The minimum atomic E-state index is 0.304. The van der Waals surface area contributed by atoms with Crippen molar-refractivity contribution in [3.63, 3.8) is 0 Å². The zero-order valence-corrected chi connectivity index (χ0v) is 28.5. The Hall–Kier alpha value is -2.85. The summed E-state index contributed by atoms with van der Waals surface area (Å²) >= 11 is 6.30. The third-order valence-electron chi connectivity index (χ3n) is 10.9. The molecule has 3 aromatic carbocycles. The first kappa shape index (κ1) is 31.7. The Morgan fingerprint density at radius 2 is 1.39 bits per heavy atom. The number of likely N-dealkylation sites (N-methyl/N-ethyl adjacent to an activating group) is 3. The van der Waals surface area contributed by atoms with Gasteiger partial charge in [0, 0.05) is 99.8 Å². The average molecular weight is 645 g/mol. The average Bonchev–Trinajstić information content (AvgIpc) is 3.54. The zero-order valence-electron chi connectivity index (χ0n) is 27.8. The molecule has 0 spiro atoms. The predicted octanol–water partition coefficient (Wildman–Crippen LogP) is 4.75. The number of para-hydroxylation sites is 1. The van der Waals surface area contributed by atoms with Crippen molar-refractivity contribution in [2.75, 3.05) is 85.2 Å². The predicted molar refractivity (Wildman–Crippen MR) is 186 cm³/mol. The molecule has 0 amide bonds. The fourth-order valence-electron chi connectivity index (χ4n) is 8.22. The molecule has 0 radical (unpaired) electrons. The van der Waals surface area contributed by atoms with Crippen LogP contribution in [0.4, 0.5) is 5.69 Å². The van der Waals surface area contributed by atoms with Crippen molar-refractivity contribution >= 4 is 17.3 Å². The summed E-state index contributed by atoms with van der Waals surface area (Å²) < 4.78 is 11.4. The van der Waals surface area contributed by atoms with Crippen LogP contribution in [0, 0.1) is 0 Å². The Balaban J connectivity index is 1.21. The summed E-state index contributed by atoms with van der Waals surface area (Å²) in [6.07, 6.45) is 0. The molecule has 0 N–H and O–H groups in total. The van der Waals surface area contributed by atoms with Gasteiger partial charge in [0.25, 0.3) is 0 Å². The summed E-state index contributed by atoms with van der Waals surface area (Å²) in [4.78, 5) is 16.0. The Kier molecular flexibility index (Phi) is 9.46. The van der Waals surface area contributed by atoms with E-state index in [0.717, 1.165) is 75.4 Å². The van der Waals surface area contributed by atoms with Gasteiger partial charge in [0.1, 0.15) is 0 Å². The minimum Gasteiger partial charge on any atom is -0.454 e. The number of rotatable bonds is 7. The number of hydrogen-bond acceptors (Lipinski definition) is 8. The van der Waals surface area contributed by atoms with Crippen LogP contribution in [0.3, 0.4) is 0 Å². The second-order valence-corrected chi connectivity index (χ2v) is 14.3. The van der Waals surface area contributed by atoms with E-state index in [-0.39, 0.29) is 0 Å². The Bertz CT molecular complexity index is 1460. The molecule has 3 fully saturated rings. The second-order valence-electron chi connectivity index (χ2n) is 13.8. The van der Waals surface area contributed by atoms with Crippen molar-refractivity contribution in [2.24, 2.45) is 0 Å². The van der Waals surface area contributed by atoms with Gasteiger partial charge < -0.3 is 24.2 Å². The molecule has 3 aromatic rings. The molecule has 3 saturated heterocycles. The zero-order chi connectivity index (χ0) is 31.8. The number of ether oxygens (including phenoxy) is 2. The maximum absolute atomic E-state index is 6.30. The van der Waals surface area contributed by atoms with E-state index in [1.54, 1.807) is 0 Å². The molecule has 7 rings (SSSR count). The molecular formula is C37H49ClN6O2. The summed E-state index contributed by atoms with van der Waals surface area (Å²) in [6.45, 7) is 11.9. The molecule has 8 nitrogen and oxygen atoms in total. The van der Waals surface area contributed by atoms with Crippen LogP contribution in [0.15, 0.2) is 72.8 Å². The number of anilines is 1. The molecule has 0 bridgehead atoms. The highest BCUT2D eigenvalue weighted by molar-refractivity contribution is 6.30. The van der Waals surface area contributed by atoms with E-state index in [1.807, 2.05) is 12.1 Å². The van der Waals surface area contributed by atoms with Crippen LogP contribution in [-0.4, -0.2) is 129 Å². The van der Waals surface area contributed by atoms with Crippen LogP contribution in [0.5, 0.6) is 11.5 Å². The van der Waals surface area contributed by atoms with Crippen LogP contribution >= 0.6 is 11.6 Å². The highest BCUT2D eigenvalue weighted by Crippen LogP contribution is 2.36. The van der Waals surface area contributed by atoms with E-state index >= 15 is 0 Å². The van der Waals surface area contributed by atoms with Gasteiger partial charge in [-0.1, -0.05) is 48.0 Å². The number of benzene rings is 3. The Labute approximate surface area is 280 Å². The molecule has 246 valence electrons. The molecule has 5 atom stereocenters. The molecule has 0 saturated carbocycles. The van der Waals surface area contributed by atoms with Crippen LogP contribution in [-0.2, 0) is 6.54 Å². The second kappa shape index (κ2) is 13.7. The van der Waals surface area contributed by atoms with Gasteiger partial charge in [0.15, 0.2) is 11.5 Å². The fraction of sp³-hybridized carbons (Fsp3) is 0.514. The molecule has 4 aliphatic rings. The third-order valence-corrected chi connectivity index (χ3v) is 11.2. The molecule has 4 heterocycles. The lowest BCUT2D eigenvalue weighted by Crippen LogP contribution is -2.72. The Morgan fingerprint density at radius 3 is 2.15 bits per heavy atom. The maximum atomic E-state index is 6.30. The van der Waals surface area contributed by atoms with Gasteiger partial charge in [-0.3, -0.25) is 14.7 Å². The van der Waals surface area contributed by atoms with E-state index in [4.69, 9.17) is 21.1 Å². The van der Waals surface area contributed by atoms with Gasteiger partial charge in [-0.05, 0) is 75.6 Å². The van der Waals surface area contributed by atoms with Gasteiger partial charge in [-0.15, -0.1) is 0 Å². The quantitative estimate of drug-likeness (QED) is 0.365. The summed E-state index contributed by atoms with van der Waals surface area (Å²) in [7, 11) is 6.98. The highest BCUT2D eigenvalue weighted by atomic mass is 35.5. The highest BCUT2D eigenvalue weighted by Gasteiger charge is 2.46. The normalized spacial score (nSPS) is 27.6. The lowest BCUT2D eigenvalue weighted by molar-refractivity contribution is -0.0396.